The lowest BCUT2D eigenvalue weighted by atomic mass is 10.1. The fourth-order valence-electron chi connectivity index (χ4n) is 3.02. The van der Waals surface area contributed by atoms with E-state index in [0.29, 0.717) is 27.8 Å². The highest BCUT2D eigenvalue weighted by Crippen LogP contribution is 2.15. The predicted molar refractivity (Wildman–Crippen MR) is 112 cm³/mol. The Kier molecular flexibility index (Phi) is 5.86. The van der Waals surface area contributed by atoms with Crippen molar-refractivity contribution >= 4 is 34.7 Å². The summed E-state index contributed by atoms with van der Waals surface area (Å²) in [6, 6.07) is 12.9. The molecule has 0 fully saturated rings. The van der Waals surface area contributed by atoms with E-state index in [1.165, 1.54) is 10.1 Å². The van der Waals surface area contributed by atoms with Crippen molar-refractivity contribution < 1.29 is 4.79 Å². The Morgan fingerprint density at radius 1 is 1.15 bits per heavy atom. The lowest BCUT2D eigenvalue weighted by Crippen LogP contribution is -2.21. The van der Waals surface area contributed by atoms with Crippen LogP contribution in [0, 0.1) is 4.77 Å². The predicted octanol–water partition coefficient (Wildman–Crippen LogP) is 4.67. The Labute approximate surface area is 163 Å². The van der Waals surface area contributed by atoms with Gasteiger partial charge < -0.3 is 10.3 Å². The first kappa shape index (κ1) is 19.0. The first-order valence-corrected chi connectivity index (χ1v) is 9.61. The summed E-state index contributed by atoms with van der Waals surface area (Å²) < 4.78 is 1.85. The molecule has 6 heteroatoms. The van der Waals surface area contributed by atoms with Crippen LogP contribution in [0.2, 0.25) is 0 Å². The smallest absolute Gasteiger partial charge is 0.262 e. The Bertz CT molecular complexity index is 1080. The van der Waals surface area contributed by atoms with Crippen LogP contribution in [0.4, 0.5) is 5.69 Å². The van der Waals surface area contributed by atoms with Crippen LogP contribution < -0.4 is 10.9 Å². The first-order valence-electron chi connectivity index (χ1n) is 9.20. The van der Waals surface area contributed by atoms with Gasteiger partial charge in [-0.25, -0.2) is 0 Å². The number of nitrogens with one attached hydrogen (secondary N) is 2. The van der Waals surface area contributed by atoms with Gasteiger partial charge in [0.1, 0.15) is 0 Å². The van der Waals surface area contributed by atoms with Crippen molar-refractivity contribution in [2.24, 2.45) is 0 Å². The number of rotatable bonds is 6. The molecule has 140 valence electrons. The zero-order valence-electron chi connectivity index (χ0n) is 15.5. The Morgan fingerprint density at radius 2 is 1.89 bits per heavy atom. The fourth-order valence-corrected chi connectivity index (χ4v) is 3.34. The van der Waals surface area contributed by atoms with E-state index in [0.717, 1.165) is 24.9 Å². The van der Waals surface area contributed by atoms with Gasteiger partial charge in [0.15, 0.2) is 4.77 Å². The van der Waals surface area contributed by atoms with E-state index in [1.807, 2.05) is 31.2 Å². The van der Waals surface area contributed by atoms with Gasteiger partial charge in [-0.05, 0) is 67.9 Å². The molecule has 0 aliphatic carbocycles. The Balaban J connectivity index is 1.83. The van der Waals surface area contributed by atoms with Crippen molar-refractivity contribution in [2.45, 2.75) is 39.7 Å². The second kappa shape index (κ2) is 8.31. The molecular formula is C21H23N3O2S. The molecule has 2 aromatic carbocycles. The van der Waals surface area contributed by atoms with Crippen molar-refractivity contribution in [3.05, 3.63) is 68.7 Å². The summed E-state index contributed by atoms with van der Waals surface area (Å²) in [5, 5.41) is 3.41. The van der Waals surface area contributed by atoms with Crippen LogP contribution in [0.3, 0.4) is 0 Å². The topological polar surface area (TPSA) is 66.9 Å². The molecular weight excluding hydrogens is 358 g/mol. The van der Waals surface area contributed by atoms with Crippen molar-refractivity contribution in [3.63, 3.8) is 0 Å². The zero-order chi connectivity index (χ0) is 19.4. The molecule has 1 aromatic heterocycles. The number of nitrogens with zero attached hydrogens (tertiary/aromatic N) is 1. The summed E-state index contributed by atoms with van der Waals surface area (Å²) in [7, 11) is 0. The molecule has 0 spiro atoms. The van der Waals surface area contributed by atoms with Crippen LogP contribution >= 0.6 is 12.2 Å². The maximum atomic E-state index is 12.6. The molecule has 0 aliphatic rings. The van der Waals surface area contributed by atoms with Crippen LogP contribution in [0.25, 0.3) is 10.9 Å². The van der Waals surface area contributed by atoms with Gasteiger partial charge >= 0.3 is 0 Å². The van der Waals surface area contributed by atoms with Crippen LogP contribution in [-0.2, 0) is 13.0 Å². The number of carbonyl (C=O) groups excluding carboxylic acids is 1. The van der Waals surface area contributed by atoms with Crippen LogP contribution in [0.5, 0.6) is 0 Å². The minimum absolute atomic E-state index is 0.147. The Hall–Kier alpha value is -2.73. The summed E-state index contributed by atoms with van der Waals surface area (Å²) in [6.45, 7) is 4.54. The van der Waals surface area contributed by atoms with E-state index in [1.54, 1.807) is 18.2 Å². The lowest BCUT2D eigenvalue weighted by Gasteiger charge is -2.09. The highest BCUT2D eigenvalue weighted by molar-refractivity contribution is 7.71. The number of hydrogen-bond acceptors (Lipinski definition) is 3. The second-order valence-electron chi connectivity index (χ2n) is 6.49. The largest absolute Gasteiger partial charge is 0.332 e. The van der Waals surface area contributed by atoms with Crippen molar-refractivity contribution in [2.75, 3.05) is 5.32 Å². The minimum atomic E-state index is -0.225. The number of H-pyrrole nitrogens is 1. The van der Waals surface area contributed by atoms with Crippen molar-refractivity contribution in [3.8, 4) is 0 Å². The van der Waals surface area contributed by atoms with Crippen LogP contribution in [0.1, 0.15) is 42.6 Å². The normalized spacial score (nSPS) is 10.9. The molecule has 5 nitrogen and oxygen atoms in total. The van der Waals surface area contributed by atoms with Crippen molar-refractivity contribution in [1.29, 1.82) is 0 Å². The van der Waals surface area contributed by atoms with E-state index in [9.17, 15) is 9.59 Å². The number of benzene rings is 2. The molecule has 0 atom stereocenters. The van der Waals surface area contributed by atoms with E-state index in [-0.39, 0.29) is 11.5 Å². The summed E-state index contributed by atoms with van der Waals surface area (Å²) in [4.78, 5) is 28.0. The van der Waals surface area contributed by atoms with Gasteiger partial charge in [-0.2, -0.15) is 0 Å². The average molecular weight is 382 g/mol. The third-order valence-corrected chi connectivity index (χ3v) is 4.91. The van der Waals surface area contributed by atoms with E-state index < -0.39 is 0 Å². The second-order valence-corrected chi connectivity index (χ2v) is 6.88. The molecule has 1 amide bonds. The van der Waals surface area contributed by atoms with Gasteiger partial charge in [0, 0.05) is 17.8 Å². The van der Waals surface area contributed by atoms with E-state index in [2.05, 4.69) is 17.2 Å². The van der Waals surface area contributed by atoms with Gasteiger partial charge in [0.05, 0.1) is 10.9 Å². The zero-order valence-corrected chi connectivity index (χ0v) is 16.4. The third-order valence-electron chi connectivity index (χ3n) is 4.59. The number of aryl methyl sites for hydroxylation is 1. The number of aromatic amines is 1. The van der Waals surface area contributed by atoms with Crippen LogP contribution in [0.15, 0.2) is 47.3 Å². The molecule has 1 heterocycles. The number of anilines is 1. The molecule has 3 aromatic rings. The Morgan fingerprint density at radius 3 is 2.56 bits per heavy atom. The van der Waals surface area contributed by atoms with E-state index >= 15 is 0 Å². The van der Waals surface area contributed by atoms with Crippen molar-refractivity contribution in [1.82, 2.24) is 9.55 Å². The summed E-state index contributed by atoms with van der Waals surface area (Å²) in [5.41, 5.74) is 2.90. The molecule has 0 unspecified atom stereocenters. The minimum Gasteiger partial charge on any atom is -0.332 e. The summed E-state index contributed by atoms with van der Waals surface area (Å²) in [6.07, 6.45) is 3.36. The van der Waals surface area contributed by atoms with Gasteiger partial charge in [0.25, 0.3) is 11.5 Å². The highest BCUT2D eigenvalue weighted by atomic mass is 32.1. The monoisotopic (exact) mass is 381 g/mol. The van der Waals surface area contributed by atoms with Gasteiger partial charge in [-0.1, -0.05) is 25.5 Å². The van der Waals surface area contributed by atoms with Crippen LogP contribution in [-0.4, -0.2) is 15.5 Å². The fraction of sp³-hybridized carbons (Fsp3) is 0.286. The molecule has 2 N–H and O–H groups in total. The van der Waals surface area contributed by atoms with Gasteiger partial charge in [-0.3, -0.25) is 14.2 Å². The number of hydrogen-bond donors (Lipinski definition) is 2. The molecule has 0 aliphatic heterocycles. The number of amides is 1. The number of unbranched alkanes of at least 4 members (excludes halogenated alkanes) is 1. The van der Waals surface area contributed by atoms with Gasteiger partial charge in [0.2, 0.25) is 0 Å². The molecule has 0 bridgehead atoms. The summed E-state index contributed by atoms with van der Waals surface area (Å²) in [5.74, 6) is -0.225. The number of fused-ring (bicyclic) bond motifs is 1. The van der Waals surface area contributed by atoms with Gasteiger partial charge in [-0.15, -0.1) is 0 Å². The standard InChI is InChI=1S/C21H23N3O2S/c1-3-5-6-14-7-10-16(11-8-14)22-19(25)15-9-12-17-18(13-15)23-21(27)24(4-2)20(17)26/h7-13H,3-6H2,1-2H3,(H,22,25)(H,23,27). The first-order chi connectivity index (χ1) is 13.0. The third kappa shape index (κ3) is 4.17. The summed E-state index contributed by atoms with van der Waals surface area (Å²) >= 11 is 5.23. The average Bonchev–Trinajstić information content (AvgIpc) is 2.67. The maximum Gasteiger partial charge on any atom is 0.262 e. The molecule has 0 saturated heterocycles. The molecule has 0 saturated carbocycles. The van der Waals surface area contributed by atoms with E-state index in [4.69, 9.17) is 12.2 Å². The quantitative estimate of drug-likeness (QED) is 0.610. The molecule has 0 radical (unpaired) electrons. The SMILES string of the molecule is CCCCc1ccc(NC(=O)c2ccc3c(=O)n(CC)c(=S)[nH]c3c2)cc1. The maximum absolute atomic E-state index is 12.6. The molecule has 3 rings (SSSR count). The number of carbonyl (C=O) groups is 1. The number of aromatic nitrogens is 2. The molecule has 27 heavy (non-hydrogen) atoms. The lowest BCUT2D eigenvalue weighted by molar-refractivity contribution is 0.102. The highest BCUT2D eigenvalue weighted by Gasteiger charge is 2.10.